The van der Waals surface area contributed by atoms with Crippen molar-refractivity contribution >= 4 is 27.5 Å². The minimum atomic E-state index is 0.349. The van der Waals surface area contributed by atoms with E-state index in [1.807, 2.05) is 109 Å². The van der Waals surface area contributed by atoms with Gasteiger partial charge in [-0.05, 0) is 78.9 Å². The number of pyridine rings is 4. The Morgan fingerprint density at radius 3 is 1.59 bits per heavy atom. The van der Waals surface area contributed by atoms with Crippen molar-refractivity contribution in [3.05, 3.63) is 183 Å². The monoisotopic (exact) mass is 724 g/mol. The number of nitrogens with two attached hydrogens (primary N) is 1. The van der Waals surface area contributed by atoms with Gasteiger partial charge < -0.3 is 5.73 Å². The predicted molar refractivity (Wildman–Crippen MR) is 222 cm³/mol. The van der Waals surface area contributed by atoms with Gasteiger partial charge in [0.2, 0.25) is 0 Å². The van der Waals surface area contributed by atoms with Crippen LogP contribution in [0.4, 0.5) is 0 Å². The van der Waals surface area contributed by atoms with E-state index in [1.165, 1.54) is 0 Å². The summed E-state index contributed by atoms with van der Waals surface area (Å²) in [7, 11) is 0. The third-order valence-electron chi connectivity index (χ3n) is 9.16. The quantitative estimate of drug-likeness (QED) is 0.145. The Balaban J connectivity index is 1.34. The number of hydrogen-bond acceptors (Lipinski definition) is 9. The Bertz CT molecular complexity index is 2830. The summed E-state index contributed by atoms with van der Waals surface area (Å²) in [6.07, 6.45) is 12.3. The summed E-state index contributed by atoms with van der Waals surface area (Å²) in [5.41, 5.74) is 14.7. The summed E-state index contributed by atoms with van der Waals surface area (Å²) in [6, 6.07) is 41.4. The average Bonchev–Trinajstić information content (AvgIpc) is 3.61. The lowest BCUT2D eigenvalue weighted by Crippen LogP contribution is -2.06. The maximum absolute atomic E-state index is 6.63. The fraction of sp³-hybridized carbons (Fsp3) is 0. The van der Waals surface area contributed by atoms with Gasteiger partial charge in [-0.1, -0.05) is 79.4 Å². The van der Waals surface area contributed by atoms with Gasteiger partial charge in [-0.2, -0.15) is 0 Å². The van der Waals surface area contributed by atoms with Crippen molar-refractivity contribution in [2.75, 3.05) is 0 Å². The molecule has 0 spiro atoms. The molecule has 0 saturated carbocycles. The Morgan fingerprint density at radius 2 is 1.04 bits per heavy atom. The van der Waals surface area contributed by atoms with Crippen LogP contribution in [-0.4, -0.2) is 44.4 Å². The number of hydrogen-bond donors (Lipinski definition) is 1. The molecular formula is C46H32N10. The highest BCUT2D eigenvalue weighted by atomic mass is 15.1. The van der Waals surface area contributed by atoms with Gasteiger partial charge in [-0.25, -0.2) is 24.9 Å². The van der Waals surface area contributed by atoms with E-state index in [1.54, 1.807) is 36.8 Å². The topological polar surface area (TPSA) is 134 Å². The second-order valence-electron chi connectivity index (χ2n) is 12.8. The van der Waals surface area contributed by atoms with Crippen LogP contribution in [0, 0.1) is 0 Å². The van der Waals surface area contributed by atoms with Gasteiger partial charge >= 0.3 is 0 Å². The molecule has 9 rings (SSSR count). The molecule has 0 amide bonds. The number of benzene rings is 2. The summed E-state index contributed by atoms with van der Waals surface area (Å²) < 4.78 is 2.15. The molecule has 0 bridgehead atoms. The van der Waals surface area contributed by atoms with Crippen LogP contribution in [0.2, 0.25) is 0 Å². The molecule has 266 valence electrons. The molecule has 2 aromatic carbocycles. The molecule has 0 radical (unpaired) electrons. The Morgan fingerprint density at radius 1 is 0.500 bits per heavy atom. The van der Waals surface area contributed by atoms with Crippen molar-refractivity contribution in [2.24, 2.45) is 5.73 Å². The highest BCUT2D eigenvalue weighted by Crippen LogP contribution is 2.35. The van der Waals surface area contributed by atoms with Crippen LogP contribution < -0.4 is 5.73 Å². The first kappa shape index (κ1) is 33.8. The van der Waals surface area contributed by atoms with Gasteiger partial charge in [0.25, 0.3) is 0 Å². The van der Waals surface area contributed by atoms with E-state index in [2.05, 4.69) is 50.4 Å². The molecule has 10 nitrogen and oxygen atoms in total. The van der Waals surface area contributed by atoms with Crippen LogP contribution in [0.5, 0.6) is 0 Å². The first-order chi connectivity index (χ1) is 27.6. The molecule has 7 aromatic heterocycles. The van der Waals surface area contributed by atoms with Crippen LogP contribution in [-0.2, 0) is 0 Å². The van der Waals surface area contributed by atoms with E-state index in [4.69, 9.17) is 30.7 Å². The van der Waals surface area contributed by atoms with Crippen LogP contribution in [0.25, 0.3) is 90.4 Å². The molecule has 0 aliphatic heterocycles. The Labute approximate surface area is 322 Å². The molecule has 0 aliphatic rings. The number of fused-ring (bicyclic) bond motifs is 3. The fourth-order valence-corrected chi connectivity index (χ4v) is 6.59. The normalized spacial score (nSPS) is 11.8. The molecule has 2 N–H and O–H groups in total. The van der Waals surface area contributed by atoms with Gasteiger partial charge in [0.1, 0.15) is 11.5 Å². The lowest BCUT2D eigenvalue weighted by molar-refractivity contribution is 1.05. The molecule has 0 aliphatic carbocycles. The standard InChI is InChI=1S/C46H32N10/c1-2-3-4-17-33(47)37-28-38(34-18-9-12-23-48-34)55-46(52-37)41-26-30(27-44(51-41)56-42-21-7-5-15-31(42)32-16-6-8-22-43(32)56)45-53-39(35-19-10-13-24-49-35)29-40(54-45)36-20-11-14-25-50-36/h2-29H,1,47H2/b4-3-,33-17-. The zero-order valence-electron chi connectivity index (χ0n) is 30.0. The third-order valence-corrected chi connectivity index (χ3v) is 9.16. The minimum Gasteiger partial charge on any atom is -0.397 e. The Kier molecular flexibility index (Phi) is 8.94. The molecule has 0 saturated heterocycles. The van der Waals surface area contributed by atoms with Crippen molar-refractivity contribution in [3.8, 4) is 62.9 Å². The molecule has 7 heterocycles. The zero-order chi connectivity index (χ0) is 37.8. The molecule has 0 atom stereocenters. The van der Waals surface area contributed by atoms with Crippen LogP contribution in [0.3, 0.4) is 0 Å². The van der Waals surface area contributed by atoms with E-state index in [0.717, 1.165) is 21.8 Å². The van der Waals surface area contributed by atoms with Crippen molar-refractivity contribution in [2.45, 2.75) is 0 Å². The van der Waals surface area contributed by atoms with Crippen LogP contribution in [0.15, 0.2) is 177 Å². The number of para-hydroxylation sites is 2. The van der Waals surface area contributed by atoms with Gasteiger partial charge in [0, 0.05) is 34.9 Å². The minimum absolute atomic E-state index is 0.349. The first-order valence-corrected chi connectivity index (χ1v) is 17.9. The summed E-state index contributed by atoms with van der Waals surface area (Å²) in [5.74, 6) is 1.43. The van der Waals surface area contributed by atoms with E-state index in [-0.39, 0.29) is 0 Å². The van der Waals surface area contributed by atoms with Crippen molar-refractivity contribution in [3.63, 3.8) is 0 Å². The smallest absolute Gasteiger partial charge is 0.179 e. The molecular weight excluding hydrogens is 693 g/mol. The fourth-order valence-electron chi connectivity index (χ4n) is 6.59. The number of rotatable bonds is 9. The van der Waals surface area contributed by atoms with Crippen LogP contribution >= 0.6 is 0 Å². The van der Waals surface area contributed by atoms with Crippen molar-refractivity contribution < 1.29 is 0 Å². The second-order valence-corrected chi connectivity index (χ2v) is 12.8. The van der Waals surface area contributed by atoms with E-state index < -0.39 is 0 Å². The third kappa shape index (κ3) is 6.58. The lowest BCUT2D eigenvalue weighted by Gasteiger charge is -2.14. The molecule has 0 fully saturated rings. The maximum atomic E-state index is 6.63. The average molecular weight is 725 g/mol. The van der Waals surface area contributed by atoms with E-state index >= 15 is 0 Å². The summed E-state index contributed by atoms with van der Waals surface area (Å²) >= 11 is 0. The number of aromatic nitrogens is 9. The Hall–Kier alpha value is -7.98. The zero-order valence-corrected chi connectivity index (χ0v) is 30.0. The van der Waals surface area contributed by atoms with Gasteiger partial charge in [-0.15, -0.1) is 0 Å². The SMILES string of the molecule is C=C/C=C\C=C(/N)c1cc(-c2ccccn2)nc(-c2cc(-c3nc(-c4ccccn4)cc(-c4ccccn4)n3)cc(-n3c4ccccc4c4ccccc43)n2)n1. The first-order valence-electron chi connectivity index (χ1n) is 17.9. The molecule has 10 heteroatoms. The number of nitrogens with zero attached hydrogens (tertiary/aromatic N) is 9. The molecule has 9 aromatic rings. The predicted octanol–water partition coefficient (Wildman–Crippen LogP) is 9.32. The van der Waals surface area contributed by atoms with Gasteiger partial charge in [-0.3, -0.25) is 19.5 Å². The summed E-state index contributed by atoms with van der Waals surface area (Å²) in [5, 5.41) is 2.20. The number of allylic oxidation sites excluding steroid dienone is 4. The summed E-state index contributed by atoms with van der Waals surface area (Å²) in [4.78, 5) is 39.4. The van der Waals surface area contributed by atoms with Crippen molar-refractivity contribution in [1.82, 2.24) is 44.4 Å². The lowest BCUT2D eigenvalue weighted by atomic mass is 10.1. The van der Waals surface area contributed by atoms with E-state index in [0.29, 0.717) is 74.3 Å². The highest BCUT2D eigenvalue weighted by Gasteiger charge is 2.20. The van der Waals surface area contributed by atoms with E-state index in [9.17, 15) is 0 Å². The summed E-state index contributed by atoms with van der Waals surface area (Å²) in [6.45, 7) is 3.77. The van der Waals surface area contributed by atoms with Crippen LogP contribution in [0.1, 0.15) is 5.69 Å². The molecule has 0 unspecified atom stereocenters. The van der Waals surface area contributed by atoms with Crippen molar-refractivity contribution in [1.29, 1.82) is 0 Å². The van der Waals surface area contributed by atoms with Gasteiger partial charge in [0.05, 0.1) is 56.6 Å². The van der Waals surface area contributed by atoms with Gasteiger partial charge in [0.15, 0.2) is 11.6 Å². The second kappa shape index (κ2) is 14.8. The largest absolute Gasteiger partial charge is 0.397 e. The molecule has 56 heavy (non-hydrogen) atoms. The maximum Gasteiger partial charge on any atom is 0.179 e. The highest BCUT2D eigenvalue weighted by molar-refractivity contribution is 6.09.